The number of hydrogen-bond donors (Lipinski definition) is 2. The molecule has 1 atom stereocenters. The Kier molecular flexibility index (Phi) is 4.64. The Morgan fingerprint density at radius 2 is 1.96 bits per heavy atom. The van der Waals surface area contributed by atoms with Crippen LogP contribution in [0.3, 0.4) is 0 Å². The monoisotopic (exact) mass is 388 g/mol. The minimum absolute atomic E-state index is 0.0149. The number of nitrogens with zero attached hydrogens (tertiary/aromatic N) is 1. The SMILES string of the molecule is C/C(OF)=C1\C(=O)Nc2cc(O)c(-c3ccc(N4CCC(OF)C4)cc3)cc21. The van der Waals surface area contributed by atoms with Gasteiger partial charge in [-0.3, -0.25) is 9.74 Å². The van der Waals surface area contributed by atoms with Crippen molar-refractivity contribution in [3.8, 4) is 16.9 Å². The quantitative estimate of drug-likeness (QED) is 0.609. The molecule has 2 N–H and O–H groups in total. The van der Waals surface area contributed by atoms with Crippen LogP contribution in [0.25, 0.3) is 16.7 Å². The Morgan fingerprint density at radius 3 is 2.61 bits per heavy atom. The van der Waals surface area contributed by atoms with Crippen LogP contribution in [0.15, 0.2) is 42.2 Å². The number of phenolic OH excluding ortho intramolecular Hbond substituents is 1. The summed E-state index contributed by atoms with van der Waals surface area (Å²) in [4.78, 5) is 21.8. The molecule has 0 bridgehead atoms. The smallest absolute Gasteiger partial charge is 0.259 e. The van der Waals surface area contributed by atoms with Gasteiger partial charge in [-0.25, -0.2) is 0 Å². The molecule has 1 unspecified atom stereocenters. The van der Waals surface area contributed by atoms with E-state index in [0.29, 0.717) is 36.3 Å². The number of carbonyl (C=O) groups excluding carboxylic acids is 1. The van der Waals surface area contributed by atoms with E-state index in [1.807, 2.05) is 29.2 Å². The number of carbonyl (C=O) groups is 1. The highest BCUT2D eigenvalue weighted by atomic mass is 19.3. The second-order valence-electron chi connectivity index (χ2n) is 6.87. The molecule has 0 radical (unpaired) electrons. The maximum atomic E-state index is 12.6. The van der Waals surface area contributed by atoms with Crippen molar-refractivity contribution in [3.05, 3.63) is 47.7 Å². The Bertz CT molecular complexity index is 959. The van der Waals surface area contributed by atoms with Crippen LogP contribution in [0, 0.1) is 0 Å². The number of phenols is 1. The number of halogens is 2. The molecular weight excluding hydrogens is 370 g/mol. The van der Waals surface area contributed by atoms with E-state index < -0.39 is 12.0 Å². The third-order valence-corrected chi connectivity index (χ3v) is 5.16. The average Bonchev–Trinajstić information content (AvgIpc) is 3.30. The Morgan fingerprint density at radius 1 is 1.21 bits per heavy atom. The Hall–Kier alpha value is -3.13. The van der Waals surface area contributed by atoms with Crippen LogP contribution >= 0.6 is 0 Å². The van der Waals surface area contributed by atoms with E-state index in [0.717, 1.165) is 11.3 Å². The number of anilines is 2. The van der Waals surface area contributed by atoms with Gasteiger partial charge in [0.2, 0.25) is 0 Å². The lowest BCUT2D eigenvalue weighted by atomic mass is 9.97. The van der Waals surface area contributed by atoms with Crippen molar-refractivity contribution in [3.63, 3.8) is 0 Å². The number of allylic oxidation sites excluding steroid dienone is 1. The second kappa shape index (κ2) is 7.12. The first-order valence-electron chi connectivity index (χ1n) is 8.82. The summed E-state index contributed by atoms with van der Waals surface area (Å²) in [5.74, 6) is -0.656. The first-order chi connectivity index (χ1) is 13.5. The number of rotatable bonds is 4. The summed E-state index contributed by atoms with van der Waals surface area (Å²) in [7, 11) is 0. The van der Waals surface area contributed by atoms with Crippen LogP contribution in [0.4, 0.5) is 20.4 Å². The van der Waals surface area contributed by atoms with E-state index in [4.69, 9.17) is 0 Å². The van der Waals surface area contributed by atoms with Gasteiger partial charge >= 0.3 is 0 Å². The number of amides is 1. The number of fused-ring (bicyclic) bond motifs is 1. The van der Waals surface area contributed by atoms with E-state index in [-0.39, 0.29) is 17.1 Å². The fourth-order valence-electron chi connectivity index (χ4n) is 3.71. The molecule has 0 aliphatic carbocycles. The third kappa shape index (κ3) is 3.05. The highest BCUT2D eigenvalue weighted by Crippen LogP contribution is 2.42. The van der Waals surface area contributed by atoms with Crippen molar-refractivity contribution in [1.29, 1.82) is 0 Å². The van der Waals surface area contributed by atoms with Crippen LogP contribution in [-0.4, -0.2) is 30.2 Å². The zero-order chi connectivity index (χ0) is 19.8. The minimum Gasteiger partial charge on any atom is -0.507 e. The third-order valence-electron chi connectivity index (χ3n) is 5.16. The van der Waals surface area contributed by atoms with Crippen LogP contribution in [-0.2, 0) is 14.7 Å². The van der Waals surface area contributed by atoms with Crippen molar-refractivity contribution in [2.75, 3.05) is 23.3 Å². The van der Waals surface area contributed by atoms with Gasteiger partial charge in [0.15, 0.2) is 5.76 Å². The molecule has 0 aromatic heterocycles. The van der Waals surface area contributed by atoms with Crippen molar-refractivity contribution in [2.45, 2.75) is 19.4 Å². The van der Waals surface area contributed by atoms with Gasteiger partial charge in [-0.1, -0.05) is 12.1 Å². The standard InChI is InChI=1S/C20H18F2N2O4/c1-11(27-21)19-16-8-15(18(25)9-17(16)23-20(19)26)12-2-4-13(5-3-12)24-7-6-14(10-24)28-22/h2-5,8-9,14,25H,6-7,10H2,1H3,(H,23,26)/b19-11+. The van der Waals surface area contributed by atoms with Gasteiger partial charge in [0, 0.05) is 40.5 Å². The maximum absolute atomic E-state index is 12.6. The van der Waals surface area contributed by atoms with E-state index in [9.17, 15) is 19.0 Å². The topological polar surface area (TPSA) is 71.0 Å². The molecule has 2 aliphatic heterocycles. The van der Waals surface area contributed by atoms with Gasteiger partial charge in [0.05, 0.1) is 11.3 Å². The Balaban J connectivity index is 1.67. The molecule has 28 heavy (non-hydrogen) atoms. The summed E-state index contributed by atoms with van der Waals surface area (Å²) in [5, 5.41) is 13.0. The molecule has 2 aliphatic rings. The summed E-state index contributed by atoms with van der Waals surface area (Å²) in [5.41, 5.74) is 3.08. The first kappa shape index (κ1) is 18.2. The highest BCUT2D eigenvalue weighted by molar-refractivity contribution is 6.32. The van der Waals surface area contributed by atoms with Crippen LogP contribution in [0.5, 0.6) is 5.75 Å². The van der Waals surface area contributed by atoms with Crippen LogP contribution in [0.1, 0.15) is 18.9 Å². The van der Waals surface area contributed by atoms with E-state index in [2.05, 4.69) is 15.2 Å². The van der Waals surface area contributed by atoms with Gasteiger partial charge in [0.1, 0.15) is 11.9 Å². The molecule has 2 heterocycles. The fourth-order valence-corrected chi connectivity index (χ4v) is 3.71. The molecular formula is C20H18F2N2O4. The predicted molar refractivity (Wildman–Crippen MR) is 99.8 cm³/mol. The van der Waals surface area contributed by atoms with Gasteiger partial charge in [-0.05, 0) is 41.6 Å². The fraction of sp³-hybridized carbons (Fsp3) is 0.250. The minimum atomic E-state index is -0.490. The van der Waals surface area contributed by atoms with Crippen molar-refractivity contribution in [1.82, 2.24) is 0 Å². The number of hydrogen-bond acceptors (Lipinski definition) is 5. The molecule has 8 heteroatoms. The summed E-state index contributed by atoms with van der Waals surface area (Å²) in [6.07, 6.45) is 0.201. The predicted octanol–water partition coefficient (Wildman–Crippen LogP) is 4.12. The molecule has 4 rings (SSSR count). The molecule has 6 nitrogen and oxygen atoms in total. The lowest BCUT2D eigenvalue weighted by Gasteiger charge is -2.18. The second-order valence-corrected chi connectivity index (χ2v) is 6.87. The van der Waals surface area contributed by atoms with Crippen LogP contribution < -0.4 is 10.2 Å². The van der Waals surface area contributed by atoms with Crippen molar-refractivity contribution < 1.29 is 28.8 Å². The van der Waals surface area contributed by atoms with E-state index >= 15 is 0 Å². The average molecular weight is 388 g/mol. The molecule has 1 amide bonds. The summed E-state index contributed by atoms with van der Waals surface area (Å²) < 4.78 is 25.0. The zero-order valence-corrected chi connectivity index (χ0v) is 15.0. The molecule has 146 valence electrons. The summed E-state index contributed by atoms with van der Waals surface area (Å²) in [6, 6.07) is 10.5. The lowest BCUT2D eigenvalue weighted by molar-refractivity contribution is -0.170. The molecule has 1 fully saturated rings. The summed E-state index contributed by atoms with van der Waals surface area (Å²) in [6.45, 7) is 2.53. The molecule has 2 aromatic rings. The van der Waals surface area contributed by atoms with E-state index in [1.54, 1.807) is 6.07 Å². The first-order valence-corrected chi connectivity index (χ1v) is 8.82. The highest BCUT2D eigenvalue weighted by Gasteiger charge is 2.29. The molecule has 2 aromatic carbocycles. The zero-order valence-electron chi connectivity index (χ0n) is 15.0. The lowest BCUT2D eigenvalue weighted by Crippen LogP contribution is -2.21. The molecule has 0 spiro atoms. The van der Waals surface area contributed by atoms with Crippen LogP contribution in [0.2, 0.25) is 0 Å². The van der Waals surface area contributed by atoms with Gasteiger partial charge < -0.3 is 15.3 Å². The summed E-state index contributed by atoms with van der Waals surface area (Å²) >= 11 is 0. The maximum Gasteiger partial charge on any atom is 0.259 e. The number of benzene rings is 2. The van der Waals surface area contributed by atoms with Crippen molar-refractivity contribution >= 4 is 22.9 Å². The molecule has 0 saturated carbocycles. The van der Waals surface area contributed by atoms with Gasteiger partial charge in [-0.15, -0.1) is 0 Å². The van der Waals surface area contributed by atoms with E-state index in [1.165, 1.54) is 13.0 Å². The molecule has 1 saturated heterocycles. The largest absolute Gasteiger partial charge is 0.507 e. The number of aromatic hydroxyl groups is 1. The van der Waals surface area contributed by atoms with Gasteiger partial charge in [0.25, 0.3) is 5.91 Å². The Labute approximate surface area is 159 Å². The normalized spacial score (nSPS) is 20.2. The van der Waals surface area contributed by atoms with Gasteiger partial charge in [-0.2, -0.15) is 4.94 Å². The van der Waals surface area contributed by atoms with Crippen molar-refractivity contribution in [2.24, 2.45) is 0 Å². The number of nitrogens with one attached hydrogen (secondary N) is 1.